The van der Waals surface area contributed by atoms with Gasteiger partial charge in [-0.25, -0.2) is 0 Å². The highest BCUT2D eigenvalue weighted by atomic mass is 35.5. The molecule has 0 aromatic heterocycles. The second kappa shape index (κ2) is 8.25. The van der Waals surface area contributed by atoms with E-state index in [1.807, 2.05) is 13.0 Å². The zero-order valence-corrected chi connectivity index (χ0v) is 15.9. The van der Waals surface area contributed by atoms with Crippen LogP contribution in [0.2, 0.25) is 10.0 Å². The van der Waals surface area contributed by atoms with Gasteiger partial charge in [-0.15, -0.1) is 0 Å². The van der Waals surface area contributed by atoms with E-state index in [-0.39, 0.29) is 16.8 Å². The Labute approximate surface area is 167 Å². The lowest BCUT2D eigenvalue weighted by Gasteiger charge is -2.12. The first-order valence-electron chi connectivity index (χ1n) is 8.18. The highest BCUT2D eigenvalue weighted by Crippen LogP contribution is 2.27. The van der Waals surface area contributed by atoms with Crippen LogP contribution in [-0.2, 0) is 0 Å². The monoisotopic (exact) mass is 398 g/mol. The highest BCUT2D eigenvalue weighted by molar-refractivity contribution is 6.44. The maximum atomic E-state index is 12.4. The summed E-state index contributed by atoms with van der Waals surface area (Å²) in [6.07, 6.45) is 0. The Morgan fingerprint density at radius 3 is 2.26 bits per heavy atom. The molecule has 0 bridgehead atoms. The van der Waals surface area contributed by atoms with Crippen LogP contribution in [0.5, 0.6) is 0 Å². The number of carbonyl (C=O) groups is 2. The fraction of sp³-hybridized carbons (Fsp3) is 0.0476. The first-order chi connectivity index (χ1) is 13.0. The molecule has 3 rings (SSSR count). The molecule has 0 atom stereocenters. The number of anilines is 2. The van der Waals surface area contributed by atoms with Gasteiger partial charge in [-0.05, 0) is 55.0 Å². The molecule has 136 valence electrons. The molecule has 3 aromatic carbocycles. The molecule has 0 aliphatic rings. The predicted molar refractivity (Wildman–Crippen MR) is 110 cm³/mol. The molecular formula is C21H16Cl2N2O2. The Kier molecular flexibility index (Phi) is 5.79. The fourth-order valence-electron chi connectivity index (χ4n) is 2.54. The normalized spacial score (nSPS) is 10.3. The third-order valence-corrected chi connectivity index (χ3v) is 4.78. The lowest BCUT2D eigenvalue weighted by atomic mass is 10.1. The molecule has 2 amide bonds. The van der Waals surface area contributed by atoms with E-state index in [2.05, 4.69) is 10.6 Å². The summed E-state index contributed by atoms with van der Waals surface area (Å²) in [5, 5.41) is 6.18. The summed E-state index contributed by atoms with van der Waals surface area (Å²) in [6.45, 7) is 1.85. The minimum absolute atomic E-state index is 0.193. The van der Waals surface area contributed by atoms with Crippen LogP contribution < -0.4 is 10.6 Å². The first-order valence-corrected chi connectivity index (χ1v) is 8.93. The molecule has 4 nitrogen and oxygen atoms in total. The maximum absolute atomic E-state index is 12.4. The van der Waals surface area contributed by atoms with Crippen LogP contribution in [-0.4, -0.2) is 11.8 Å². The number of rotatable bonds is 4. The van der Waals surface area contributed by atoms with Crippen LogP contribution >= 0.6 is 23.2 Å². The number of carbonyl (C=O) groups excluding carboxylic acids is 2. The molecule has 0 aliphatic heterocycles. The zero-order valence-electron chi connectivity index (χ0n) is 14.4. The smallest absolute Gasteiger partial charge is 0.257 e. The minimum atomic E-state index is -0.358. The van der Waals surface area contributed by atoms with Gasteiger partial charge in [0.2, 0.25) is 0 Å². The lowest BCUT2D eigenvalue weighted by molar-refractivity contribution is 0.101. The Morgan fingerprint density at radius 1 is 0.815 bits per heavy atom. The average molecular weight is 399 g/mol. The van der Waals surface area contributed by atoms with E-state index in [1.165, 1.54) is 0 Å². The Balaban J connectivity index is 1.74. The van der Waals surface area contributed by atoms with Crippen LogP contribution in [0.15, 0.2) is 66.7 Å². The molecule has 2 N–H and O–H groups in total. The summed E-state index contributed by atoms with van der Waals surface area (Å²) < 4.78 is 0. The predicted octanol–water partition coefficient (Wildman–Crippen LogP) is 5.81. The van der Waals surface area contributed by atoms with Gasteiger partial charge in [0.1, 0.15) is 0 Å². The largest absolute Gasteiger partial charge is 0.322 e. The summed E-state index contributed by atoms with van der Waals surface area (Å²) in [4.78, 5) is 24.7. The van der Waals surface area contributed by atoms with Gasteiger partial charge in [0, 0.05) is 16.9 Å². The van der Waals surface area contributed by atoms with Crippen molar-refractivity contribution in [3.63, 3.8) is 0 Å². The number of nitrogens with one attached hydrogen (secondary N) is 2. The fourth-order valence-corrected chi connectivity index (χ4v) is 2.93. The van der Waals surface area contributed by atoms with Crippen molar-refractivity contribution in [2.75, 3.05) is 10.6 Å². The van der Waals surface area contributed by atoms with Crippen LogP contribution in [0, 0.1) is 6.92 Å². The SMILES string of the molecule is Cc1cc(NC(=O)c2cccc(Cl)c2Cl)ccc1NC(=O)c1ccccc1. The van der Waals surface area contributed by atoms with Gasteiger partial charge in [0.05, 0.1) is 15.6 Å². The van der Waals surface area contributed by atoms with Crippen molar-refractivity contribution in [1.82, 2.24) is 0 Å². The van der Waals surface area contributed by atoms with Crippen LogP contribution in [0.25, 0.3) is 0 Å². The van der Waals surface area contributed by atoms with E-state index in [4.69, 9.17) is 23.2 Å². The minimum Gasteiger partial charge on any atom is -0.322 e. The molecule has 0 radical (unpaired) electrons. The summed E-state index contributed by atoms with van der Waals surface area (Å²) in [6, 6.07) is 19.1. The molecular weight excluding hydrogens is 383 g/mol. The molecule has 0 heterocycles. The average Bonchev–Trinajstić information content (AvgIpc) is 2.66. The van der Waals surface area contributed by atoms with Gasteiger partial charge >= 0.3 is 0 Å². The summed E-state index contributed by atoms with van der Waals surface area (Å²) in [7, 11) is 0. The van der Waals surface area contributed by atoms with Crippen LogP contribution in [0.1, 0.15) is 26.3 Å². The van der Waals surface area contributed by atoms with Gasteiger partial charge in [0.15, 0.2) is 0 Å². The van der Waals surface area contributed by atoms with Crippen LogP contribution in [0.3, 0.4) is 0 Å². The third kappa shape index (κ3) is 4.48. The van der Waals surface area contributed by atoms with Crippen molar-refractivity contribution in [3.05, 3.63) is 93.5 Å². The van der Waals surface area contributed by atoms with E-state index in [0.717, 1.165) is 5.56 Å². The number of benzene rings is 3. The Hall–Kier alpha value is -2.82. The van der Waals surface area contributed by atoms with E-state index >= 15 is 0 Å². The summed E-state index contributed by atoms with van der Waals surface area (Å²) >= 11 is 12.0. The number of hydrogen-bond acceptors (Lipinski definition) is 2. The van der Waals surface area contributed by atoms with Gasteiger partial charge in [-0.1, -0.05) is 47.5 Å². The van der Waals surface area contributed by atoms with Gasteiger partial charge in [-0.3, -0.25) is 9.59 Å². The van der Waals surface area contributed by atoms with Crippen molar-refractivity contribution >= 4 is 46.4 Å². The topological polar surface area (TPSA) is 58.2 Å². The molecule has 27 heavy (non-hydrogen) atoms. The molecule has 0 saturated carbocycles. The quantitative estimate of drug-likeness (QED) is 0.582. The van der Waals surface area contributed by atoms with Crippen molar-refractivity contribution in [3.8, 4) is 0 Å². The number of amides is 2. The Bertz CT molecular complexity index is 1000. The molecule has 0 fully saturated rings. The van der Waals surface area contributed by atoms with Gasteiger partial charge < -0.3 is 10.6 Å². The van der Waals surface area contributed by atoms with Crippen molar-refractivity contribution in [1.29, 1.82) is 0 Å². The summed E-state index contributed by atoms with van der Waals surface area (Å²) in [5.74, 6) is -0.552. The van der Waals surface area contributed by atoms with Gasteiger partial charge in [-0.2, -0.15) is 0 Å². The molecule has 0 spiro atoms. The lowest BCUT2D eigenvalue weighted by Crippen LogP contribution is -2.14. The molecule has 0 aliphatic carbocycles. The van der Waals surface area contributed by atoms with E-state index in [0.29, 0.717) is 27.5 Å². The molecule has 0 saturated heterocycles. The van der Waals surface area contributed by atoms with E-state index < -0.39 is 0 Å². The second-order valence-corrected chi connectivity index (χ2v) is 6.69. The first kappa shape index (κ1) is 19.0. The second-order valence-electron chi connectivity index (χ2n) is 5.91. The highest BCUT2D eigenvalue weighted by Gasteiger charge is 2.14. The third-order valence-electron chi connectivity index (χ3n) is 3.96. The van der Waals surface area contributed by atoms with Gasteiger partial charge in [0.25, 0.3) is 11.8 Å². The summed E-state index contributed by atoms with van der Waals surface area (Å²) in [5.41, 5.74) is 2.94. The molecule has 6 heteroatoms. The van der Waals surface area contributed by atoms with Crippen molar-refractivity contribution in [2.24, 2.45) is 0 Å². The van der Waals surface area contributed by atoms with Crippen molar-refractivity contribution < 1.29 is 9.59 Å². The van der Waals surface area contributed by atoms with E-state index in [1.54, 1.807) is 60.7 Å². The number of aryl methyl sites for hydroxylation is 1. The standard InChI is InChI=1S/C21H16Cl2N2O2/c1-13-12-15(24-21(27)16-8-5-9-17(22)19(16)23)10-11-18(13)25-20(26)14-6-3-2-4-7-14/h2-12H,1H3,(H,24,27)(H,25,26). The zero-order chi connectivity index (χ0) is 19.4. The number of hydrogen-bond donors (Lipinski definition) is 2. The molecule has 3 aromatic rings. The number of halogens is 2. The van der Waals surface area contributed by atoms with E-state index in [9.17, 15) is 9.59 Å². The Morgan fingerprint density at radius 2 is 1.56 bits per heavy atom. The maximum Gasteiger partial charge on any atom is 0.257 e. The molecule has 0 unspecified atom stereocenters. The van der Waals surface area contributed by atoms with Crippen molar-refractivity contribution in [2.45, 2.75) is 6.92 Å². The van der Waals surface area contributed by atoms with Crippen LogP contribution in [0.4, 0.5) is 11.4 Å².